The Kier molecular flexibility index (Phi) is 7.21. The molecule has 0 radical (unpaired) electrons. The normalized spacial score (nSPS) is 12.1. The second-order valence-electron chi connectivity index (χ2n) is 3.80. The molecule has 5 heteroatoms. The van der Waals surface area contributed by atoms with Gasteiger partial charge in [-0.2, -0.15) is 0 Å². The van der Waals surface area contributed by atoms with Gasteiger partial charge >= 0.3 is 5.97 Å². The molecule has 1 unspecified atom stereocenters. The number of rotatable bonds is 7. The van der Waals surface area contributed by atoms with Crippen molar-refractivity contribution in [3.05, 3.63) is 12.2 Å². The van der Waals surface area contributed by atoms with Crippen LogP contribution < -0.4 is 5.32 Å². The third-order valence-corrected chi connectivity index (χ3v) is 2.34. The van der Waals surface area contributed by atoms with Crippen molar-refractivity contribution < 1.29 is 14.3 Å². The number of carbonyl (C=O) groups excluding carboxylic acids is 2. The fourth-order valence-electron chi connectivity index (χ4n) is 1.33. The van der Waals surface area contributed by atoms with Gasteiger partial charge in [0, 0.05) is 12.5 Å². The maximum Gasteiger partial charge on any atom is 0.334 e. The minimum Gasteiger partial charge on any atom is -0.441 e. The summed E-state index contributed by atoms with van der Waals surface area (Å²) in [5.74, 6) is -0.583. The standard InChI is InChI=1S/C12H22N2O3/c1-6-14(7-2)11(8-13-10(5)15)17-12(16)9(3)4/h11H,3,6-8H2,1-2,4-5H3,(H,13,15). The van der Waals surface area contributed by atoms with Gasteiger partial charge in [0.05, 0.1) is 6.54 Å². The molecule has 5 nitrogen and oxygen atoms in total. The number of hydrogen-bond donors (Lipinski definition) is 1. The maximum absolute atomic E-state index is 11.5. The smallest absolute Gasteiger partial charge is 0.334 e. The van der Waals surface area contributed by atoms with Gasteiger partial charge in [0.15, 0.2) is 6.23 Å². The van der Waals surface area contributed by atoms with E-state index in [1.54, 1.807) is 6.92 Å². The summed E-state index contributed by atoms with van der Waals surface area (Å²) in [7, 11) is 0. The van der Waals surface area contributed by atoms with Gasteiger partial charge < -0.3 is 10.1 Å². The number of esters is 1. The van der Waals surface area contributed by atoms with E-state index in [-0.39, 0.29) is 12.5 Å². The molecule has 1 N–H and O–H groups in total. The first-order valence-corrected chi connectivity index (χ1v) is 5.77. The van der Waals surface area contributed by atoms with E-state index in [4.69, 9.17) is 4.74 Å². The molecular formula is C12H22N2O3. The number of nitrogens with one attached hydrogen (secondary N) is 1. The average Bonchev–Trinajstić information content (AvgIpc) is 2.26. The van der Waals surface area contributed by atoms with Gasteiger partial charge in [-0.25, -0.2) is 4.79 Å². The predicted octanol–water partition coefficient (Wildman–Crippen LogP) is 0.910. The zero-order valence-corrected chi connectivity index (χ0v) is 11.1. The summed E-state index contributed by atoms with van der Waals surface area (Å²) in [5.41, 5.74) is 0.352. The van der Waals surface area contributed by atoms with Crippen molar-refractivity contribution in [2.24, 2.45) is 0 Å². The van der Waals surface area contributed by atoms with Crippen LogP contribution in [-0.4, -0.2) is 42.6 Å². The Morgan fingerprint density at radius 1 is 1.29 bits per heavy atom. The van der Waals surface area contributed by atoms with Crippen molar-refractivity contribution in [2.75, 3.05) is 19.6 Å². The van der Waals surface area contributed by atoms with Gasteiger partial charge in [-0.15, -0.1) is 0 Å². The topological polar surface area (TPSA) is 58.6 Å². The van der Waals surface area contributed by atoms with E-state index in [1.165, 1.54) is 6.92 Å². The fourth-order valence-corrected chi connectivity index (χ4v) is 1.33. The minimum atomic E-state index is -0.446. The molecule has 0 aliphatic carbocycles. The van der Waals surface area contributed by atoms with Gasteiger partial charge in [-0.3, -0.25) is 9.69 Å². The summed E-state index contributed by atoms with van der Waals surface area (Å²) < 4.78 is 5.28. The van der Waals surface area contributed by atoms with Crippen LogP contribution in [-0.2, 0) is 14.3 Å². The summed E-state index contributed by atoms with van der Waals surface area (Å²) in [5, 5.41) is 2.65. The minimum absolute atomic E-state index is 0.145. The zero-order valence-electron chi connectivity index (χ0n) is 11.1. The molecule has 0 aliphatic heterocycles. The van der Waals surface area contributed by atoms with Crippen LogP contribution in [0.3, 0.4) is 0 Å². The van der Waals surface area contributed by atoms with Gasteiger partial charge in [0.1, 0.15) is 0 Å². The Balaban J connectivity index is 4.53. The molecule has 0 aromatic carbocycles. The summed E-state index contributed by atoms with van der Waals surface area (Å²) in [4.78, 5) is 24.3. The van der Waals surface area contributed by atoms with Crippen molar-refractivity contribution >= 4 is 11.9 Å². The Hall–Kier alpha value is -1.36. The number of ether oxygens (including phenoxy) is 1. The van der Waals surface area contributed by atoms with Crippen LogP contribution in [0.1, 0.15) is 27.7 Å². The van der Waals surface area contributed by atoms with Crippen LogP contribution in [0.2, 0.25) is 0 Å². The largest absolute Gasteiger partial charge is 0.441 e. The van der Waals surface area contributed by atoms with Gasteiger partial charge in [-0.1, -0.05) is 20.4 Å². The Morgan fingerprint density at radius 2 is 1.82 bits per heavy atom. The van der Waals surface area contributed by atoms with Crippen LogP contribution in [0.15, 0.2) is 12.2 Å². The predicted molar refractivity (Wildman–Crippen MR) is 66.3 cm³/mol. The highest BCUT2D eigenvalue weighted by Crippen LogP contribution is 2.04. The molecule has 1 atom stereocenters. The van der Waals surface area contributed by atoms with Crippen molar-refractivity contribution in [2.45, 2.75) is 33.9 Å². The number of amides is 1. The van der Waals surface area contributed by atoms with Crippen LogP contribution in [0.4, 0.5) is 0 Å². The van der Waals surface area contributed by atoms with E-state index in [9.17, 15) is 9.59 Å². The highest BCUT2D eigenvalue weighted by atomic mass is 16.6. The summed E-state index contributed by atoms with van der Waals surface area (Å²) >= 11 is 0. The number of carbonyl (C=O) groups is 2. The second kappa shape index (κ2) is 7.84. The molecule has 17 heavy (non-hydrogen) atoms. The molecule has 0 saturated carbocycles. The molecule has 0 bridgehead atoms. The molecule has 0 heterocycles. The summed E-state index contributed by atoms with van der Waals surface area (Å²) in [6, 6.07) is 0. The summed E-state index contributed by atoms with van der Waals surface area (Å²) in [6.07, 6.45) is -0.446. The van der Waals surface area contributed by atoms with Crippen LogP contribution in [0.5, 0.6) is 0 Å². The Morgan fingerprint density at radius 3 is 2.18 bits per heavy atom. The van der Waals surface area contributed by atoms with E-state index in [2.05, 4.69) is 11.9 Å². The first-order valence-electron chi connectivity index (χ1n) is 5.77. The molecule has 0 aromatic heterocycles. The number of hydrogen-bond acceptors (Lipinski definition) is 4. The lowest BCUT2D eigenvalue weighted by Gasteiger charge is -2.29. The molecular weight excluding hydrogens is 220 g/mol. The Bertz CT molecular complexity index is 285. The third-order valence-electron chi connectivity index (χ3n) is 2.34. The van der Waals surface area contributed by atoms with E-state index >= 15 is 0 Å². The maximum atomic E-state index is 11.5. The lowest BCUT2D eigenvalue weighted by Crippen LogP contribution is -2.46. The van der Waals surface area contributed by atoms with E-state index < -0.39 is 12.2 Å². The third kappa shape index (κ3) is 6.06. The van der Waals surface area contributed by atoms with E-state index in [0.29, 0.717) is 5.57 Å². The lowest BCUT2D eigenvalue weighted by molar-refractivity contribution is -0.154. The van der Waals surface area contributed by atoms with Crippen LogP contribution in [0, 0.1) is 0 Å². The SMILES string of the molecule is C=C(C)C(=O)OC(CNC(C)=O)N(CC)CC. The van der Waals surface area contributed by atoms with Crippen molar-refractivity contribution in [1.82, 2.24) is 10.2 Å². The molecule has 0 spiro atoms. The number of nitrogens with zero attached hydrogens (tertiary/aromatic N) is 1. The van der Waals surface area contributed by atoms with Crippen LogP contribution >= 0.6 is 0 Å². The second-order valence-corrected chi connectivity index (χ2v) is 3.80. The van der Waals surface area contributed by atoms with Gasteiger partial charge in [0.25, 0.3) is 0 Å². The molecule has 0 rings (SSSR count). The molecule has 1 amide bonds. The average molecular weight is 242 g/mol. The van der Waals surface area contributed by atoms with Crippen LogP contribution in [0.25, 0.3) is 0 Å². The first kappa shape index (κ1) is 15.6. The quantitative estimate of drug-likeness (QED) is 0.409. The molecule has 0 saturated heterocycles. The van der Waals surface area contributed by atoms with Gasteiger partial charge in [-0.05, 0) is 20.0 Å². The highest BCUT2D eigenvalue weighted by molar-refractivity contribution is 5.87. The molecule has 0 fully saturated rings. The highest BCUT2D eigenvalue weighted by Gasteiger charge is 2.20. The lowest BCUT2D eigenvalue weighted by atomic mass is 10.3. The first-order chi connectivity index (χ1) is 7.92. The zero-order chi connectivity index (χ0) is 13.4. The van der Waals surface area contributed by atoms with Crippen molar-refractivity contribution in [3.63, 3.8) is 0 Å². The molecule has 98 valence electrons. The molecule has 0 aliphatic rings. The van der Waals surface area contributed by atoms with E-state index in [1.807, 2.05) is 18.7 Å². The van der Waals surface area contributed by atoms with Crippen molar-refractivity contribution in [1.29, 1.82) is 0 Å². The van der Waals surface area contributed by atoms with Crippen molar-refractivity contribution in [3.8, 4) is 0 Å². The monoisotopic (exact) mass is 242 g/mol. The van der Waals surface area contributed by atoms with Gasteiger partial charge in [0.2, 0.25) is 5.91 Å². The fraction of sp³-hybridized carbons (Fsp3) is 0.667. The number of likely N-dealkylation sites (N-methyl/N-ethyl adjacent to an activating group) is 1. The molecule has 0 aromatic rings. The Labute approximate surface area is 103 Å². The summed E-state index contributed by atoms with van der Waals surface area (Å²) in [6.45, 7) is 12.3. The van der Waals surface area contributed by atoms with E-state index in [0.717, 1.165) is 13.1 Å².